The molecule has 136 valence electrons. The molecule has 0 spiro atoms. The number of likely N-dealkylation sites (tertiary alicyclic amines) is 1. The molecule has 0 bridgehead atoms. The minimum atomic E-state index is -0.813. The van der Waals surface area contributed by atoms with Crippen LogP contribution in [0.15, 0.2) is 24.3 Å². The van der Waals surface area contributed by atoms with E-state index in [0.717, 1.165) is 30.6 Å². The van der Waals surface area contributed by atoms with Crippen LogP contribution in [-0.4, -0.2) is 47.6 Å². The number of nitrogens with one attached hydrogen (secondary N) is 1. The molecule has 1 aliphatic heterocycles. The van der Waals surface area contributed by atoms with Crippen LogP contribution in [0.4, 0.5) is 0 Å². The third-order valence-electron chi connectivity index (χ3n) is 5.50. The van der Waals surface area contributed by atoms with Crippen molar-refractivity contribution in [2.75, 3.05) is 13.7 Å². The normalized spacial score (nSPS) is 26.0. The van der Waals surface area contributed by atoms with E-state index >= 15 is 0 Å². The third kappa shape index (κ3) is 3.95. The molecule has 1 heterocycles. The topological polar surface area (TPSA) is 78.9 Å². The van der Waals surface area contributed by atoms with Gasteiger partial charge in [0, 0.05) is 18.2 Å². The highest BCUT2D eigenvalue weighted by Gasteiger charge is 2.45. The smallest absolute Gasteiger partial charge is 0.320 e. The van der Waals surface area contributed by atoms with Crippen LogP contribution in [0.3, 0.4) is 0 Å². The first-order valence-electron chi connectivity index (χ1n) is 8.97. The number of amides is 1. The molecule has 3 rings (SSSR count). The first kappa shape index (κ1) is 17.7. The summed E-state index contributed by atoms with van der Waals surface area (Å²) < 4.78 is 5.29. The number of methoxy groups -OCH3 is 1. The first-order valence-corrected chi connectivity index (χ1v) is 8.97. The number of hydrogen-bond acceptors (Lipinski definition) is 4. The molecule has 1 saturated carbocycles. The molecule has 6 heteroatoms. The van der Waals surface area contributed by atoms with Gasteiger partial charge in [0.15, 0.2) is 0 Å². The van der Waals surface area contributed by atoms with Crippen molar-refractivity contribution in [2.45, 2.75) is 50.7 Å². The summed E-state index contributed by atoms with van der Waals surface area (Å²) in [5.41, 5.74) is 0.907. The predicted octanol–water partition coefficient (Wildman–Crippen LogP) is 2.03. The van der Waals surface area contributed by atoms with Gasteiger partial charge < -0.3 is 15.2 Å². The quantitative estimate of drug-likeness (QED) is 0.824. The molecule has 2 aliphatic rings. The SMILES string of the molecule is COc1ccccc1CNC(=O)CN1[C@@H]2CCCC[C@@H]2C[C@H]1C(=O)O. The maximum atomic E-state index is 12.4. The lowest BCUT2D eigenvalue weighted by atomic mass is 9.85. The summed E-state index contributed by atoms with van der Waals surface area (Å²) in [6, 6.07) is 7.24. The number of nitrogens with zero attached hydrogens (tertiary/aromatic N) is 1. The summed E-state index contributed by atoms with van der Waals surface area (Å²) in [5.74, 6) is 0.201. The molecule has 25 heavy (non-hydrogen) atoms. The van der Waals surface area contributed by atoms with Crippen LogP contribution in [0.5, 0.6) is 5.75 Å². The Morgan fingerprint density at radius 3 is 2.80 bits per heavy atom. The number of carbonyl (C=O) groups excluding carboxylic acids is 1. The number of ether oxygens (including phenoxy) is 1. The molecule has 1 aromatic rings. The third-order valence-corrected chi connectivity index (χ3v) is 5.50. The second-order valence-electron chi connectivity index (χ2n) is 6.96. The molecule has 1 aromatic carbocycles. The molecule has 2 N–H and O–H groups in total. The number of aliphatic carboxylic acids is 1. The van der Waals surface area contributed by atoms with Crippen molar-refractivity contribution >= 4 is 11.9 Å². The van der Waals surface area contributed by atoms with Gasteiger partial charge in [-0.2, -0.15) is 0 Å². The highest BCUT2D eigenvalue weighted by molar-refractivity contribution is 5.80. The number of carboxylic acid groups (broad SMARTS) is 1. The fourth-order valence-electron chi connectivity index (χ4n) is 4.29. The van der Waals surface area contributed by atoms with E-state index in [0.29, 0.717) is 18.9 Å². The molecule has 1 aliphatic carbocycles. The van der Waals surface area contributed by atoms with Gasteiger partial charge in [-0.1, -0.05) is 31.0 Å². The van der Waals surface area contributed by atoms with Gasteiger partial charge in [0.05, 0.1) is 13.7 Å². The van der Waals surface area contributed by atoms with Gasteiger partial charge in [0.2, 0.25) is 5.91 Å². The number of benzene rings is 1. The van der Waals surface area contributed by atoms with Crippen molar-refractivity contribution in [3.05, 3.63) is 29.8 Å². The Hall–Kier alpha value is -2.08. The summed E-state index contributed by atoms with van der Waals surface area (Å²) in [6.07, 6.45) is 5.02. The Balaban J connectivity index is 1.61. The number of carboxylic acids is 1. The Kier molecular flexibility index (Phi) is 5.58. The summed E-state index contributed by atoms with van der Waals surface area (Å²) in [7, 11) is 1.60. The maximum absolute atomic E-state index is 12.4. The van der Waals surface area contributed by atoms with Crippen LogP contribution in [-0.2, 0) is 16.1 Å². The van der Waals surface area contributed by atoms with E-state index in [9.17, 15) is 14.7 Å². The van der Waals surface area contributed by atoms with Crippen LogP contribution in [0.2, 0.25) is 0 Å². The average Bonchev–Trinajstić information content (AvgIpc) is 2.99. The molecule has 3 atom stereocenters. The maximum Gasteiger partial charge on any atom is 0.320 e. The Morgan fingerprint density at radius 2 is 2.04 bits per heavy atom. The molecule has 1 saturated heterocycles. The molecule has 1 amide bonds. The highest BCUT2D eigenvalue weighted by atomic mass is 16.5. The van der Waals surface area contributed by atoms with Crippen molar-refractivity contribution in [2.24, 2.45) is 5.92 Å². The fraction of sp³-hybridized carbons (Fsp3) is 0.579. The molecule has 2 fully saturated rings. The summed E-state index contributed by atoms with van der Waals surface area (Å²) in [5, 5.41) is 12.4. The number of para-hydroxylation sites is 1. The predicted molar refractivity (Wildman–Crippen MR) is 93.3 cm³/mol. The van der Waals surface area contributed by atoms with Crippen molar-refractivity contribution in [3.63, 3.8) is 0 Å². The van der Waals surface area contributed by atoms with Gasteiger partial charge in [-0.05, 0) is 31.2 Å². The van der Waals surface area contributed by atoms with E-state index in [4.69, 9.17) is 4.74 Å². The average molecular weight is 346 g/mol. The van der Waals surface area contributed by atoms with Gasteiger partial charge in [0.25, 0.3) is 0 Å². The van der Waals surface area contributed by atoms with Crippen molar-refractivity contribution < 1.29 is 19.4 Å². The van der Waals surface area contributed by atoms with Gasteiger partial charge >= 0.3 is 5.97 Å². The van der Waals surface area contributed by atoms with Crippen LogP contribution < -0.4 is 10.1 Å². The van der Waals surface area contributed by atoms with Crippen LogP contribution in [0.25, 0.3) is 0 Å². The van der Waals surface area contributed by atoms with Gasteiger partial charge in [-0.3, -0.25) is 14.5 Å². The summed E-state index contributed by atoms with van der Waals surface area (Å²) >= 11 is 0. The zero-order chi connectivity index (χ0) is 17.8. The number of carbonyl (C=O) groups is 2. The Bertz CT molecular complexity index is 634. The lowest BCUT2D eigenvalue weighted by molar-refractivity contribution is -0.143. The zero-order valence-corrected chi connectivity index (χ0v) is 14.6. The van der Waals surface area contributed by atoms with Crippen LogP contribution in [0, 0.1) is 5.92 Å². The van der Waals surface area contributed by atoms with Gasteiger partial charge in [0.1, 0.15) is 11.8 Å². The highest BCUT2D eigenvalue weighted by Crippen LogP contribution is 2.39. The largest absolute Gasteiger partial charge is 0.496 e. The molecule has 0 radical (unpaired) electrons. The first-order chi connectivity index (χ1) is 12.1. The Morgan fingerprint density at radius 1 is 1.28 bits per heavy atom. The lowest BCUT2D eigenvalue weighted by Crippen LogP contribution is -2.47. The minimum Gasteiger partial charge on any atom is -0.496 e. The summed E-state index contributed by atoms with van der Waals surface area (Å²) in [6.45, 7) is 0.524. The van der Waals surface area contributed by atoms with Crippen molar-refractivity contribution in [3.8, 4) is 5.75 Å². The number of rotatable bonds is 6. The fourth-order valence-corrected chi connectivity index (χ4v) is 4.29. The molecular weight excluding hydrogens is 320 g/mol. The second-order valence-corrected chi connectivity index (χ2v) is 6.96. The van der Waals surface area contributed by atoms with E-state index in [-0.39, 0.29) is 18.5 Å². The standard InChI is InChI=1S/C19H26N2O4/c1-25-17-9-5-3-7-14(17)11-20-18(22)12-21-15-8-4-2-6-13(15)10-16(21)19(23)24/h3,5,7,9,13,15-16H,2,4,6,8,10-12H2,1H3,(H,20,22)(H,23,24)/t13-,15-,16+/m1/s1. The number of hydrogen-bond donors (Lipinski definition) is 2. The van der Waals surface area contributed by atoms with Crippen molar-refractivity contribution in [1.82, 2.24) is 10.2 Å². The monoisotopic (exact) mass is 346 g/mol. The minimum absolute atomic E-state index is 0.136. The van der Waals surface area contributed by atoms with Crippen LogP contribution >= 0.6 is 0 Å². The zero-order valence-electron chi connectivity index (χ0n) is 14.6. The number of fused-ring (bicyclic) bond motifs is 1. The molecule has 0 unspecified atom stereocenters. The second kappa shape index (κ2) is 7.87. The molecule has 6 nitrogen and oxygen atoms in total. The van der Waals surface area contributed by atoms with Gasteiger partial charge in [-0.25, -0.2) is 0 Å². The lowest BCUT2D eigenvalue weighted by Gasteiger charge is -2.32. The van der Waals surface area contributed by atoms with E-state index in [1.807, 2.05) is 29.2 Å². The summed E-state index contributed by atoms with van der Waals surface area (Å²) in [4.78, 5) is 25.9. The van der Waals surface area contributed by atoms with Crippen LogP contribution in [0.1, 0.15) is 37.7 Å². The van der Waals surface area contributed by atoms with E-state index in [2.05, 4.69) is 5.32 Å². The van der Waals surface area contributed by atoms with Crippen molar-refractivity contribution in [1.29, 1.82) is 0 Å². The van der Waals surface area contributed by atoms with E-state index < -0.39 is 12.0 Å². The molecule has 0 aromatic heterocycles. The Labute approximate surface area is 148 Å². The van der Waals surface area contributed by atoms with E-state index in [1.54, 1.807) is 7.11 Å². The van der Waals surface area contributed by atoms with Gasteiger partial charge in [-0.15, -0.1) is 0 Å². The molecular formula is C19H26N2O4. The van der Waals surface area contributed by atoms with E-state index in [1.165, 1.54) is 6.42 Å².